The number of hydrogen-bond acceptors (Lipinski definition) is 3. The summed E-state index contributed by atoms with van der Waals surface area (Å²) in [4.78, 5) is 21.8. The number of aryl methyl sites for hydroxylation is 1. The second-order valence-electron chi connectivity index (χ2n) is 7.69. The molecule has 0 unspecified atom stereocenters. The molecule has 1 saturated carbocycles. The first-order valence-electron chi connectivity index (χ1n) is 10.0. The number of nitrogens with zero attached hydrogens (tertiary/aromatic N) is 3. The number of carbonyl (C=O) groups is 1. The highest BCUT2D eigenvalue weighted by atomic mass is 16.2. The SMILES string of the molecule is Cc1nc(-c2ccccc2)ccc1C(=O)N(C)CCN(C)C1CCCCC1. The van der Waals surface area contributed by atoms with E-state index in [9.17, 15) is 4.79 Å². The van der Waals surface area contributed by atoms with Crippen molar-refractivity contribution in [2.75, 3.05) is 27.2 Å². The van der Waals surface area contributed by atoms with Gasteiger partial charge in [0.05, 0.1) is 17.0 Å². The monoisotopic (exact) mass is 365 g/mol. The van der Waals surface area contributed by atoms with Gasteiger partial charge >= 0.3 is 0 Å². The van der Waals surface area contributed by atoms with Crippen LogP contribution in [-0.2, 0) is 0 Å². The molecule has 0 atom stereocenters. The normalized spacial score (nSPS) is 15.1. The van der Waals surface area contributed by atoms with Gasteiger partial charge in [-0.2, -0.15) is 0 Å². The lowest BCUT2D eigenvalue weighted by Gasteiger charge is -2.32. The van der Waals surface area contributed by atoms with Crippen LogP contribution in [0.3, 0.4) is 0 Å². The molecule has 3 rings (SSSR count). The van der Waals surface area contributed by atoms with E-state index in [1.165, 1.54) is 32.1 Å². The number of likely N-dealkylation sites (N-methyl/N-ethyl adjacent to an activating group) is 2. The predicted octanol–water partition coefficient (Wildman–Crippen LogP) is 4.39. The highest BCUT2D eigenvalue weighted by Crippen LogP contribution is 2.22. The molecule has 0 aliphatic heterocycles. The van der Waals surface area contributed by atoms with E-state index in [0.717, 1.165) is 30.0 Å². The zero-order chi connectivity index (χ0) is 19.2. The van der Waals surface area contributed by atoms with Crippen LogP contribution in [0.2, 0.25) is 0 Å². The van der Waals surface area contributed by atoms with Crippen molar-refractivity contribution in [3.05, 3.63) is 53.7 Å². The zero-order valence-electron chi connectivity index (χ0n) is 16.8. The largest absolute Gasteiger partial charge is 0.340 e. The summed E-state index contributed by atoms with van der Waals surface area (Å²) in [5, 5.41) is 0. The Morgan fingerprint density at radius 2 is 1.70 bits per heavy atom. The lowest BCUT2D eigenvalue weighted by molar-refractivity contribution is 0.0766. The van der Waals surface area contributed by atoms with Crippen LogP contribution >= 0.6 is 0 Å². The maximum absolute atomic E-state index is 12.9. The summed E-state index contributed by atoms with van der Waals surface area (Å²) in [5.74, 6) is 0.0525. The molecule has 1 heterocycles. The van der Waals surface area contributed by atoms with Crippen LogP contribution in [0.25, 0.3) is 11.3 Å². The van der Waals surface area contributed by atoms with Gasteiger partial charge in [0.25, 0.3) is 5.91 Å². The van der Waals surface area contributed by atoms with Crippen LogP contribution in [0.15, 0.2) is 42.5 Å². The first kappa shape index (κ1) is 19.6. The molecule has 0 N–H and O–H groups in total. The van der Waals surface area contributed by atoms with Crippen LogP contribution in [0, 0.1) is 6.92 Å². The second kappa shape index (κ2) is 9.14. The highest BCUT2D eigenvalue weighted by molar-refractivity contribution is 5.95. The molecule has 1 fully saturated rings. The molecule has 0 spiro atoms. The quantitative estimate of drug-likeness (QED) is 0.761. The van der Waals surface area contributed by atoms with Gasteiger partial charge in [-0.3, -0.25) is 9.78 Å². The summed E-state index contributed by atoms with van der Waals surface area (Å²) >= 11 is 0. The first-order valence-corrected chi connectivity index (χ1v) is 10.0. The van der Waals surface area contributed by atoms with E-state index in [1.54, 1.807) is 0 Å². The summed E-state index contributed by atoms with van der Waals surface area (Å²) in [5.41, 5.74) is 3.46. The molecule has 27 heavy (non-hydrogen) atoms. The van der Waals surface area contributed by atoms with Crippen LogP contribution in [0.4, 0.5) is 0 Å². The minimum absolute atomic E-state index is 0.0525. The lowest BCUT2D eigenvalue weighted by Crippen LogP contribution is -2.40. The van der Waals surface area contributed by atoms with Crippen molar-refractivity contribution in [3.8, 4) is 11.3 Å². The summed E-state index contributed by atoms with van der Waals surface area (Å²) < 4.78 is 0. The topological polar surface area (TPSA) is 36.4 Å². The van der Waals surface area contributed by atoms with Crippen LogP contribution < -0.4 is 0 Å². The van der Waals surface area contributed by atoms with Crippen molar-refractivity contribution < 1.29 is 4.79 Å². The van der Waals surface area contributed by atoms with Gasteiger partial charge in [-0.1, -0.05) is 49.6 Å². The maximum atomic E-state index is 12.9. The van der Waals surface area contributed by atoms with Gasteiger partial charge in [-0.25, -0.2) is 0 Å². The maximum Gasteiger partial charge on any atom is 0.255 e. The Morgan fingerprint density at radius 3 is 2.37 bits per heavy atom. The molecule has 1 aromatic heterocycles. The highest BCUT2D eigenvalue weighted by Gasteiger charge is 2.20. The Balaban J connectivity index is 1.61. The Kier molecular flexibility index (Phi) is 6.62. The molecule has 1 amide bonds. The standard InChI is InChI=1S/C23H31N3O/c1-18-21(14-15-22(24-18)19-10-6-4-7-11-19)23(27)26(3)17-16-25(2)20-12-8-5-9-13-20/h4,6-7,10-11,14-15,20H,5,8-9,12-13,16-17H2,1-3H3. The summed E-state index contributed by atoms with van der Waals surface area (Å²) in [6, 6.07) is 14.6. The van der Waals surface area contributed by atoms with Crippen molar-refractivity contribution in [1.29, 1.82) is 0 Å². The third kappa shape index (κ3) is 4.95. The van der Waals surface area contributed by atoms with Crippen molar-refractivity contribution in [1.82, 2.24) is 14.8 Å². The van der Waals surface area contributed by atoms with Gasteiger partial charge in [-0.15, -0.1) is 0 Å². The fourth-order valence-corrected chi connectivity index (χ4v) is 3.88. The van der Waals surface area contributed by atoms with E-state index in [-0.39, 0.29) is 5.91 Å². The fraction of sp³-hybridized carbons (Fsp3) is 0.478. The molecule has 1 aliphatic carbocycles. The molecule has 0 radical (unpaired) electrons. The van der Waals surface area contributed by atoms with Crippen molar-refractivity contribution in [2.45, 2.75) is 45.1 Å². The number of hydrogen-bond donors (Lipinski definition) is 0. The average molecular weight is 366 g/mol. The van der Waals surface area contributed by atoms with Gasteiger partial charge in [0.15, 0.2) is 0 Å². The van der Waals surface area contributed by atoms with Gasteiger partial charge in [0.2, 0.25) is 0 Å². The molecule has 1 aromatic carbocycles. The number of aromatic nitrogens is 1. The number of pyridine rings is 1. The third-order valence-corrected chi connectivity index (χ3v) is 5.72. The number of benzene rings is 1. The molecule has 0 bridgehead atoms. The van der Waals surface area contributed by atoms with Crippen molar-refractivity contribution in [3.63, 3.8) is 0 Å². The lowest BCUT2D eigenvalue weighted by atomic mass is 9.94. The predicted molar refractivity (Wildman–Crippen MR) is 111 cm³/mol. The number of carbonyl (C=O) groups excluding carboxylic acids is 1. The Labute approximate surface area is 163 Å². The fourth-order valence-electron chi connectivity index (χ4n) is 3.88. The van der Waals surface area contributed by atoms with E-state index >= 15 is 0 Å². The summed E-state index contributed by atoms with van der Waals surface area (Å²) in [6.45, 7) is 3.58. The molecule has 4 heteroatoms. The Hall–Kier alpha value is -2.20. The molecule has 4 nitrogen and oxygen atoms in total. The second-order valence-corrected chi connectivity index (χ2v) is 7.69. The summed E-state index contributed by atoms with van der Waals surface area (Å²) in [6.07, 6.45) is 6.62. The van der Waals surface area contributed by atoms with Crippen molar-refractivity contribution in [2.24, 2.45) is 0 Å². The van der Waals surface area contributed by atoms with E-state index in [1.807, 2.05) is 61.3 Å². The summed E-state index contributed by atoms with van der Waals surface area (Å²) in [7, 11) is 4.08. The van der Waals surface area contributed by atoms with E-state index in [0.29, 0.717) is 11.6 Å². The third-order valence-electron chi connectivity index (χ3n) is 5.72. The Morgan fingerprint density at radius 1 is 1.00 bits per heavy atom. The number of rotatable bonds is 6. The van der Waals surface area contributed by atoms with E-state index in [4.69, 9.17) is 0 Å². The number of amides is 1. The average Bonchev–Trinajstić information content (AvgIpc) is 2.72. The molecular formula is C23H31N3O. The van der Waals surface area contributed by atoms with Crippen LogP contribution in [-0.4, -0.2) is 53.9 Å². The Bertz CT molecular complexity index is 753. The van der Waals surface area contributed by atoms with Crippen LogP contribution in [0.1, 0.15) is 48.2 Å². The van der Waals surface area contributed by atoms with E-state index in [2.05, 4.69) is 16.9 Å². The van der Waals surface area contributed by atoms with Crippen LogP contribution in [0.5, 0.6) is 0 Å². The minimum atomic E-state index is 0.0525. The molecule has 1 aliphatic rings. The smallest absolute Gasteiger partial charge is 0.255 e. The molecule has 144 valence electrons. The zero-order valence-corrected chi connectivity index (χ0v) is 16.8. The molecule has 2 aromatic rings. The van der Waals surface area contributed by atoms with Gasteiger partial charge in [-0.05, 0) is 38.9 Å². The van der Waals surface area contributed by atoms with E-state index < -0.39 is 0 Å². The minimum Gasteiger partial charge on any atom is -0.340 e. The first-order chi connectivity index (χ1) is 13.1. The van der Waals surface area contributed by atoms with Gasteiger partial charge < -0.3 is 9.80 Å². The molecular weight excluding hydrogens is 334 g/mol. The van der Waals surface area contributed by atoms with Gasteiger partial charge in [0, 0.05) is 31.7 Å². The molecule has 0 saturated heterocycles. The van der Waals surface area contributed by atoms with Gasteiger partial charge in [0.1, 0.15) is 0 Å². The van der Waals surface area contributed by atoms with Crippen molar-refractivity contribution >= 4 is 5.91 Å².